The lowest BCUT2D eigenvalue weighted by Gasteiger charge is -2.46. The fourth-order valence-electron chi connectivity index (χ4n) is 3.31. The van der Waals surface area contributed by atoms with Crippen molar-refractivity contribution in [3.8, 4) is 0 Å². The molecule has 0 radical (unpaired) electrons. The van der Waals surface area contributed by atoms with E-state index >= 15 is 0 Å². The highest BCUT2D eigenvalue weighted by molar-refractivity contribution is 7.80. The molecule has 98 valence electrons. The summed E-state index contributed by atoms with van der Waals surface area (Å²) in [4.78, 5) is 5.38. The topological polar surface area (TPSA) is 6.48 Å². The largest absolute Gasteiger partial charge is 0.301 e. The van der Waals surface area contributed by atoms with Crippen molar-refractivity contribution in [1.82, 2.24) is 9.80 Å². The molecule has 3 aliphatic rings. The average Bonchev–Trinajstić information content (AvgIpc) is 3.10. The zero-order valence-corrected chi connectivity index (χ0v) is 11.8. The van der Waals surface area contributed by atoms with Crippen molar-refractivity contribution in [2.45, 2.75) is 32.1 Å². The molecule has 3 heteroatoms. The van der Waals surface area contributed by atoms with Gasteiger partial charge < -0.3 is 9.80 Å². The van der Waals surface area contributed by atoms with E-state index in [0.29, 0.717) is 5.41 Å². The molecular formula is C14H26N2S. The SMILES string of the molecule is SCC1(CN2CCN(CC3CC3)CC2)CCC1. The Balaban J connectivity index is 1.41. The molecule has 3 fully saturated rings. The zero-order chi connectivity index (χ0) is 11.7. The summed E-state index contributed by atoms with van der Waals surface area (Å²) in [5, 5.41) is 0. The van der Waals surface area contributed by atoms with Crippen LogP contribution >= 0.6 is 12.6 Å². The van der Waals surface area contributed by atoms with Crippen molar-refractivity contribution in [3.63, 3.8) is 0 Å². The minimum absolute atomic E-state index is 0.585. The first-order chi connectivity index (χ1) is 8.30. The van der Waals surface area contributed by atoms with Gasteiger partial charge in [-0.1, -0.05) is 6.42 Å². The van der Waals surface area contributed by atoms with Gasteiger partial charge in [-0.2, -0.15) is 12.6 Å². The molecule has 2 saturated carbocycles. The van der Waals surface area contributed by atoms with Crippen LogP contribution in [0.25, 0.3) is 0 Å². The highest BCUT2D eigenvalue weighted by Gasteiger charge is 2.37. The monoisotopic (exact) mass is 254 g/mol. The summed E-state index contributed by atoms with van der Waals surface area (Å²) in [7, 11) is 0. The number of thiol groups is 1. The van der Waals surface area contributed by atoms with Gasteiger partial charge in [0, 0.05) is 39.3 Å². The van der Waals surface area contributed by atoms with E-state index in [0.717, 1.165) is 11.7 Å². The molecule has 0 amide bonds. The van der Waals surface area contributed by atoms with Crippen LogP contribution in [0.3, 0.4) is 0 Å². The predicted octanol–water partition coefficient (Wildman–Crippen LogP) is 2.11. The number of piperazine rings is 1. The minimum atomic E-state index is 0.585. The Labute approximate surface area is 111 Å². The Hall–Kier alpha value is 0.270. The van der Waals surface area contributed by atoms with Crippen molar-refractivity contribution in [1.29, 1.82) is 0 Å². The van der Waals surface area contributed by atoms with Gasteiger partial charge in [0.05, 0.1) is 0 Å². The summed E-state index contributed by atoms with van der Waals surface area (Å²) in [6.45, 7) is 7.89. The van der Waals surface area contributed by atoms with E-state index in [9.17, 15) is 0 Å². The Morgan fingerprint density at radius 3 is 2.12 bits per heavy atom. The molecule has 1 aliphatic heterocycles. The first-order valence-electron chi connectivity index (χ1n) is 7.35. The fourth-order valence-corrected chi connectivity index (χ4v) is 3.73. The van der Waals surface area contributed by atoms with Crippen molar-refractivity contribution >= 4 is 12.6 Å². The lowest BCUT2D eigenvalue weighted by atomic mass is 9.70. The van der Waals surface area contributed by atoms with Crippen LogP contribution in [0.5, 0.6) is 0 Å². The molecule has 0 N–H and O–H groups in total. The van der Waals surface area contributed by atoms with Crippen molar-refractivity contribution in [2.75, 3.05) is 45.0 Å². The van der Waals surface area contributed by atoms with E-state index < -0.39 is 0 Å². The van der Waals surface area contributed by atoms with Crippen LogP contribution in [0, 0.1) is 11.3 Å². The highest BCUT2D eigenvalue weighted by atomic mass is 32.1. The maximum Gasteiger partial charge on any atom is 0.0110 e. The van der Waals surface area contributed by atoms with Gasteiger partial charge in [-0.15, -0.1) is 0 Å². The summed E-state index contributed by atoms with van der Waals surface area (Å²) in [5.74, 6) is 2.15. The van der Waals surface area contributed by atoms with Gasteiger partial charge in [0.25, 0.3) is 0 Å². The standard InChI is InChI=1S/C14H26N2S/c17-12-14(4-1-5-14)11-16-8-6-15(7-9-16)10-13-2-3-13/h13,17H,1-12H2. The van der Waals surface area contributed by atoms with Gasteiger partial charge in [-0.3, -0.25) is 0 Å². The number of hydrogen-bond donors (Lipinski definition) is 1. The Bertz CT molecular complexity index is 247. The lowest BCUT2D eigenvalue weighted by molar-refractivity contribution is 0.0526. The molecule has 3 rings (SSSR count). The molecule has 2 nitrogen and oxygen atoms in total. The third kappa shape index (κ3) is 2.99. The molecule has 0 aromatic rings. The quantitative estimate of drug-likeness (QED) is 0.751. The molecular weight excluding hydrogens is 228 g/mol. The van der Waals surface area contributed by atoms with Crippen LogP contribution in [0.1, 0.15) is 32.1 Å². The molecule has 17 heavy (non-hydrogen) atoms. The second-order valence-corrected chi connectivity index (χ2v) is 6.85. The molecule has 1 saturated heterocycles. The summed E-state index contributed by atoms with van der Waals surface area (Å²) < 4.78 is 0. The summed E-state index contributed by atoms with van der Waals surface area (Å²) in [5.41, 5.74) is 0.585. The normalized spacial score (nSPS) is 30.2. The van der Waals surface area contributed by atoms with Crippen molar-refractivity contribution < 1.29 is 0 Å². The predicted molar refractivity (Wildman–Crippen MR) is 75.7 cm³/mol. The molecule has 1 heterocycles. The van der Waals surface area contributed by atoms with E-state index in [1.54, 1.807) is 0 Å². The van der Waals surface area contributed by atoms with E-state index in [1.807, 2.05) is 0 Å². The van der Waals surface area contributed by atoms with E-state index in [-0.39, 0.29) is 0 Å². The first-order valence-corrected chi connectivity index (χ1v) is 7.99. The smallest absolute Gasteiger partial charge is 0.0110 e. The van der Waals surface area contributed by atoms with E-state index in [1.165, 1.54) is 71.4 Å². The molecule has 0 atom stereocenters. The molecule has 0 aromatic carbocycles. The van der Waals surface area contributed by atoms with Crippen molar-refractivity contribution in [3.05, 3.63) is 0 Å². The third-order valence-electron chi connectivity index (χ3n) is 4.99. The van der Waals surface area contributed by atoms with Crippen LogP contribution in [0.4, 0.5) is 0 Å². The molecule has 2 aliphatic carbocycles. The summed E-state index contributed by atoms with van der Waals surface area (Å²) in [6.07, 6.45) is 7.24. The van der Waals surface area contributed by atoms with Crippen LogP contribution in [0.15, 0.2) is 0 Å². The lowest BCUT2D eigenvalue weighted by Crippen LogP contribution is -2.52. The minimum Gasteiger partial charge on any atom is -0.301 e. The number of rotatable bonds is 5. The fraction of sp³-hybridized carbons (Fsp3) is 1.00. The summed E-state index contributed by atoms with van der Waals surface area (Å²) >= 11 is 4.57. The third-order valence-corrected chi connectivity index (χ3v) is 5.66. The first kappa shape index (κ1) is 12.3. The number of nitrogens with zero attached hydrogens (tertiary/aromatic N) is 2. The summed E-state index contributed by atoms with van der Waals surface area (Å²) in [6, 6.07) is 0. The molecule has 0 aromatic heterocycles. The van der Waals surface area contributed by atoms with Gasteiger partial charge >= 0.3 is 0 Å². The van der Waals surface area contributed by atoms with Crippen LogP contribution < -0.4 is 0 Å². The molecule has 0 bridgehead atoms. The highest BCUT2D eigenvalue weighted by Crippen LogP contribution is 2.42. The van der Waals surface area contributed by atoms with E-state index in [4.69, 9.17) is 0 Å². The van der Waals surface area contributed by atoms with Crippen LogP contribution in [-0.2, 0) is 0 Å². The molecule has 0 unspecified atom stereocenters. The average molecular weight is 254 g/mol. The Morgan fingerprint density at radius 2 is 1.65 bits per heavy atom. The van der Waals surface area contributed by atoms with Crippen LogP contribution in [-0.4, -0.2) is 54.8 Å². The van der Waals surface area contributed by atoms with Gasteiger partial charge in [0.1, 0.15) is 0 Å². The van der Waals surface area contributed by atoms with Gasteiger partial charge in [-0.25, -0.2) is 0 Å². The Morgan fingerprint density at radius 1 is 1.00 bits per heavy atom. The van der Waals surface area contributed by atoms with Gasteiger partial charge in [0.15, 0.2) is 0 Å². The van der Waals surface area contributed by atoms with Gasteiger partial charge in [-0.05, 0) is 42.8 Å². The maximum atomic E-state index is 4.57. The second-order valence-electron chi connectivity index (χ2n) is 6.53. The second kappa shape index (κ2) is 5.10. The zero-order valence-electron chi connectivity index (χ0n) is 10.9. The Kier molecular flexibility index (Phi) is 3.69. The molecule has 0 spiro atoms. The van der Waals surface area contributed by atoms with Crippen molar-refractivity contribution in [2.24, 2.45) is 11.3 Å². The maximum absolute atomic E-state index is 4.57. The van der Waals surface area contributed by atoms with Crippen LogP contribution in [0.2, 0.25) is 0 Å². The number of hydrogen-bond acceptors (Lipinski definition) is 3. The van der Waals surface area contributed by atoms with Gasteiger partial charge in [0.2, 0.25) is 0 Å². The van der Waals surface area contributed by atoms with E-state index in [2.05, 4.69) is 22.4 Å².